The van der Waals surface area contributed by atoms with Gasteiger partial charge in [-0.15, -0.1) is 0 Å². The first-order valence-electron chi connectivity index (χ1n) is 10.0. The topological polar surface area (TPSA) is 36.4 Å². The minimum absolute atomic E-state index is 0.180. The fourth-order valence-electron chi connectivity index (χ4n) is 4.65. The second kappa shape index (κ2) is 7.43. The third-order valence-corrected chi connectivity index (χ3v) is 6.33. The van der Waals surface area contributed by atoms with E-state index < -0.39 is 0 Å². The van der Waals surface area contributed by atoms with Crippen molar-refractivity contribution in [1.29, 1.82) is 0 Å². The predicted molar refractivity (Wildman–Crippen MR) is 107 cm³/mol. The summed E-state index contributed by atoms with van der Waals surface area (Å²) < 4.78 is 0. The maximum Gasteiger partial charge on any atom is 0.230 e. The van der Waals surface area contributed by atoms with Crippen molar-refractivity contribution >= 4 is 5.91 Å². The number of amides is 1. The summed E-state index contributed by atoms with van der Waals surface area (Å²) in [6.45, 7) is 8.73. The van der Waals surface area contributed by atoms with Gasteiger partial charge in [-0.1, -0.05) is 24.3 Å². The molecule has 142 valence electrons. The molecule has 2 aromatic rings. The molecule has 3 heterocycles. The zero-order valence-electron chi connectivity index (χ0n) is 16.4. The van der Waals surface area contributed by atoms with Gasteiger partial charge in [-0.25, -0.2) is 0 Å². The summed E-state index contributed by atoms with van der Waals surface area (Å²) in [4.78, 5) is 22.0. The largest absolute Gasteiger partial charge is 0.338 e. The van der Waals surface area contributed by atoms with Gasteiger partial charge in [0.25, 0.3) is 0 Å². The number of rotatable bonds is 4. The van der Waals surface area contributed by atoms with E-state index in [1.165, 1.54) is 16.7 Å². The quantitative estimate of drug-likeness (QED) is 0.831. The van der Waals surface area contributed by atoms with Crippen molar-refractivity contribution < 1.29 is 4.79 Å². The second-order valence-electron chi connectivity index (χ2n) is 8.35. The van der Waals surface area contributed by atoms with Crippen molar-refractivity contribution in [1.82, 2.24) is 14.8 Å². The minimum Gasteiger partial charge on any atom is -0.338 e. The van der Waals surface area contributed by atoms with E-state index in [-0.39, 0.29) is 5.41 Å². The van der Waals surface area contributed by atoms with Crippen LogP contribution in [0, 0.1) is 19.3 Å². The van der Waals surface area contributed by atoms with E-state index in [0.29, 0.717) is 12.5 Å². The van der Waals surface area contributed by atoms with Crippen molar-refractivity contribution in [2.75, 3.05) is 19.6 Å². The highest BCUT2D eigenvalue weighted by atomic mass is 16.2. The van der Waals surface area contributed by atoms with Crippen LogP contribution in [0.2, 0.25) is 0 Å². The lowest BCUT2D eigenvalue weighted by Crippen LogP contribution is -2.49. The molecule has 4 nitrogen and oxygen atoms in total. The van der Waals surface area contributed by atoms with Crippen LogP contribution >= 0.6 is 0 Å². The number of aromatic nitrogens is 1. The molecule has 4 rings (SSSR count). The van der Waals surface area contributed by atoms with Crippen molar-refractivity contribution in [2.45, 2.75) is 46.2 Å². The first kappa shape index (κ1) is 18.2. The van der Waals surface area contributed by atoms with Crippen LogP contribution < -0.4 is 0 Å². The van der Waals surface area contributed by atoms with Crippen LogP contribution in [0.3, 0.4) is 0 Å². The summed E-state index contributed by atoms with van der Waals surface area (Å²) in [7, 11) is 0. The van der Waals surface area contributed by atoms with Gasteiger partial charge in [-0.05, 0) is 68.0 Å². The number of carbonyl (C=O) groups excluding carboxylic acids is 1. The number of hydrogen-bond donors (Lipinski definition) is 0. The van der Waals surface area contributed by atoms with Crippen molar-refractivity contribution in [2.24, 2.45) is 5.41 Å². The monoisotopic (exact) mass is 363 g/mol. The van der Waals surface area contributed by atoms with Crippen LogP contribution in [0.1, 0.15) is 41.5 Å². The molecular formula is C23H29N3O. The van der Waals surface area contributed by atoms with Crippen molar-refractivity contribution in [3.8, 4) is 0 Å². The number of pyridine rings is 1. The van der Waals surface area contributed by atoms with E-state index >= 15 is 0 Å². The van der Waals surface area contributed by atoms with Crippen LogP contribution in [0.4, 0.5) is 0 Å². The highest BCUT2D eigenvalue weighted by Gasteiger charge is 2.48. The third-order valence-electron chi connectivity index (χ3n) is 6.33. The van der Waals surface area contributed by atoms with E-state index in [4.69, 9.17) is 0 Å². The van der Waals surface area contributed by atoms with Crippen LogP contribution in [0.25, 0.3) is 0 Å². The number of nitrogens with zero attached hydrogens (tertiary/aromatic N) is 3. The fraction of sp³-hybridized carbons (Fsp3) is 0.478. The van der Waals surface area contributed by atoms with Crippen LogP contribution in [0.15, 0.2) is 42.7 Å². The number of aryl methyl sites for hydroxylation is 2. The van der Waals surface area contributed by atoms with Gasteiger partial charge in [0, 0.05) is 38.6 Å². The normalized spacial score (nSPS) is 23.3. The van der Waals surface area contributed by atoms with E-state index in [1.807, 2.05) is 12.3 Å². The molecule has 0 radical (unpaired) electrons. The van der Waals surface area contributed by atoms with Gasteiger partial charge in [0.15, 0.2) is 0 Å². The van der Waals surface area contributed by atoms with E-state index in [9.17, 15) is 4.79 Å². The first-order valence-corrected chi connectivity index (χ1v) is 10.0. The van der Waals surface area contributed by atoms with Crippen LogP contribution in [-0.2, 0) is 17.9 Å². The Morgan fingerprint density at radius 3 is 2.70 bits per heavy atom. The molecule has 1 aromatic carbocycles. The Hall–Kier alpha value is -2.20. The van der Waals surface area contributed by atoms with Gasteiger partial charge >= 0.3 is 0 Å². The molecule has 0 N–H and O–H groups in total. The van der Waals surface area contributed by atoms with E-state index in [1.54, 1.807) is 6.20 Å². The molecule has 2 saturated heterocycles. The Bertz CT molecular complexity index is 820. The Labute approximate surface area is 162 Å². The smallest absolute Gasteiger partial charge is 0.230 e. The Kier molecular flexibility index (Phi) is 5.00. The zero-order valence-corrected chi connectivity index (χ0v) is 16.4. The Balaban J connectivity index is 1.43. The lowest BCUT2D eigenvalue weighted by molar-refractivity contribution is -0.146. The lowest BCUT2D eigenvalue weighted by atomic mass is 9.78. The molecule has 1 spiro atoms. The summed E-state index contributed by atoms with van der Waals surface area (Å²) >= 11 is 0. The molecule has 1 aromatic heterocycles. The van der Waals surface area contributed by atoms with Crippen molar-refractivity contribution in [3.63, 3.8) is 0 Å². The van der Waals surface area contributed by atoms with Crippen molar-refractivity contribution in [3.05, 3.63) is 65.0 Å². The van der Waals surface area contributed by atoms with Gasteiger partial charge in [0.2, 0.25) is 5.91 Å². The molecule has 4 heteroatoms. The standard InChI is InChI=1S/C23H29N3O/c1-18-6-7-20(13-19(18)2)15-25-12-9-23(17-25)8-4-11-26(22(23)27)16-21-5-3-10-24-14-21/h3,5-7,10,13-14H,4,8-9,11-12,15-17H2,1-2H3. The average Bonchev–Trinajstić information content (AvgIpc) is 3.07. The lowest BCUT2D eigenvalue weighted by Gasteiger charge is -2.39. The molecule has 1 amide bonds. The Morgan fingerprint density at radius 2 is 1.93 bits per heavy atom. The highest BCUT2D eigenvalue weighted by molar-refractivity contribution is 5.84. The molecule has 0 bridgehead atoms. The third kappa shape index (κ3) is 3.77. The molecule has 0 aliphatic carbocycles. The predicted octanol–water partition coefficient (Wildman–Crippen LogP) is 3.71. The van der Waals surface area contributed by atoms with Gasteiger partial charge in [0.05, 0.1) is 5.41 Å². The summed E-state index contributed by atoms with van der Waals surface area (Å²) in [6.07, 6.45) is 6.77. The van der Waals surface area contributed by atoms with Crippen LogP contribution in [-0.4, -0.2) is 40.3 Å². The number of hydrogen-bond acceptors (Lipinski definition) is 3. The van der Waals surface area contributed by atoms with Gasteiger partial charge in [-0.2, -0.15) is 0 Å². The van der Waals surface area contributed by atoms with Gasteiger partial charge in [0.1, 0.15) is 0 Å². The SMILES string of the molecule is Cc1ccc(CN2CCC3(CCCN(Cc4cccnc4)C3=O)C2)cc1C. The summed E-state index contributed by atoms with van der Waals surface area (Å²) in [5.74, 6) is 0.347. The highest BCUT2D eigenvalue weighted by Crippen LogP contribution is 2.41. The maximum absolute atomic E-state index is 13.3. The maximum atomic E-state index is 13.3. The summed E-state index contributed by atoms with van der Waals surface area (Å²) in [5, 5.41) is 0. The van der Waals surface area contributed by atoms with E-state index in [0.717, 1.165) is 51.0 Å². The van der Waals surface area contributed by atoms with Gasteiger partial charge < -0.3 is 4.90 Å². The molecule has 1 atom stereocenters. The van der Waals surface area contributed by atoms with E-state index in [2.05, 4.69) is 52.9 Å². The molecule has 2 aliphatic heterocycles. The average molecular weight is 364 g/mol. The number of benzene rings is 1. The number of likely N-dealkylation sites (tertiary alicyclic amines) is 2. The molecular weight excluding hydrogens is 334 g/mol. The molecule has 0 saturated carbocycles. The van der Waals surface area contributed by atoms with Gasteiger partial charge in [-0.3, -0.25) is 14.7 Å². The van der Waals surface area contributed by atoms with Crippen LogP contribution in [0.5, 0.6) is 0 Å². The first-order chi connectivity index (χ1) is 13.1. The fourth-order valence-corrected chi connectivity index (χ4v) is 4.65. The number of carbonyl (C=O) groups is 1. The minimum atomic E-state index is -0.180. The molecule has 2 aliphatic rings. The summed E-state index contributed by atoms with van der Waals surface area (Å²) in [5.41, 5.74) is 4.97. The number of piperidine rings is 1. The summed E-state index contributed by atoms with van der Waals surface area (Å²) in [6, 6.07) is 10.7. The molecule has 2 fully saturated rings. The zero-order chi connectivity index (χ0) is 18.9. The molecule has 1 unspecified atom stereocenters. The molecule has 27 heavy (non-hydrogen) atoms. The Morgan fingerprint density at radius 1 is 1.04 bits per heavy atom. The second-order valence-corrected chi connectivity index (χ2v) is 8.35.